The number of thiophene rings is 1. The first-order chi connectivity index (χ1) is 14.6. The summed E-state index contributed by atoms with van der Waals surface area (Å²) in [4.78, 5) is 22.5. The number of para-hydroxylation sites is 1. The molecule has 2 N–H and O–H groups in total. The minimum absolute atomic E-state index is 0.0770. The van der Waals surface area contributed by atoms with Crippen LogP contribution in [-0.2, 0) is 24.3 Å². The summed E-state index contributed by atoms with van der Waals surface area (Å²) in [7, 11) is 0. The quantitative estimate of drug-likeness (QED) is 0.458. The molecule has 0 atom stereocenters. The van der Waals surface area contributed by atoms with E-state index < -0.39 is 0 Å². The normalized spacial score (nSPS) is 10.9. The molecule has 0 bridgehead atoms. The number of nitrogens with one attached hydrogen (secondary N) is 2. The first-order valence-corrected chi connectivity index (χ1v) is 10.5. The van der Waals surface area contributed by atoms with Crippen molar-refractivity contribution in [1.29, 1.82) is 0 Å². The van der Waals surface area contributed by atoms with E-state index in [9.17, 15) is 9.18 Å². The molecule has 30 heavy (non-hydrogen) atoms. The minimum Gasteiger partial charge on any atom is -0.365 e. The number of aryl methyl sites for hydroxylation is 1. The highest BCUT2D eigenvalue weighted by atomic mass is 32.1. The van der Waals surface area contributed by atoms with E-state index in [0.717, 1.165) is 21.3 Å². The Hall–Kier alpha value is -3.32. The van der Waals surface area contributed by atoms with Crippen molar-refractivity contribution >= 4 is 34.0 Å². The van der Waals surface area contributed by atoms with Crippen molar-refractivity contribution in [3.05, 3.63) is 87.6 Å². The van der Waals surface area contributed by atoms with Gasteiger partial charge in [0, 0.05) is 22.4 Å². The van der Waals surface area contributed by atoms with Crippen LogP contribution in [0.15, 0.2) is 60.0 Å². The zero-order chi connectivity index (χ0) is 20.9. The number of hydrogen-bond acceptors (Lipinski definition) is 5. The van der Waals surface area contributed by atoms with Crippen molar-refractivity contribution in [2.24, 2.45) is 0 Å². The molecule has 7 heteroatoms. The fraction of sp³-hybridized carbons (Fsp3) is 0.174. The van der Waals surface area contributed by atoms with Crippen LogP contribution in [-0.4, -0.2) is 15.9 Å². The van der Waals surface area contributed by atoms with Gasteiger partial charge in [-0.05, 0) is 36.1 Å². The molecular formula is C23H21FN4OS. The molecule has 2 heterocycles. The van der Waals surface area contributed by atoms with Crippen molar-refractivity contribution in [1.82, 2.24) is 15.3 Å². The lowest BCUT2D eigenvalue weighted by Gasteiger charge is -2.13. The number of amides is 1. The van der Waals surface area contributed by atoms with Crippen molar-refractivity contribution in [3.63, 3.8) is 0 Å². The number of fused-ring (bicyclic) bond motifs is 1. The lowest BCUT2D eigenvalue weighted by molar-refractivity contribution is -0.120. The second-order valence-corrected chi connectivity index (χ2v) is 7.97. The number of carbonyl (C=O) groups is 1. The molecule has 0 unspecified atom stereocenters. The monoisotopic (exact) mass is 420 g/mol. The fourth-order valence-electron chi connectivity index (χ4n) is 3.19. The zero-order valence-corrected chi connectivity index (χ0v) is 17.3. The fourth-order valence-corrected chi connectivity index (χ4v) is 3.89. The number of carbonyl (C=O) groups excluding carboxylic acids is 1. The third-order valence-electron chi connectivity index (χ3n) is 4.74. The molecule has 152 valence electrons. The Morgan fingerprint density at radius 3 is 2.70 bits per heavy atom. The van der Waals surface area contributed by atoms with E-state index >= 15 is 0 Å². The predicted octanol–water partition coefficient (Wildman–Crippen LogP) is 4.61. The average molecular weight is 421 g/mol. The molecule has 2 aromatic carbocycles. The highest BCUT2D eigenvalue weighted by molar-refractivity contribution is 7.10. The number of anilines is 1. The van der Waals surface area contributed by atoms with E-state index in [1.807, 2.05) is 42.6 Å². The van der Waals surface area contributed by atoms with Gasteiger partial charge in [0.2, 0.25) is 5.91 Å². The van der Waals surface area contributed by atoms with Crippen LogP contribution in [0, 0.1) is 12.7 Å². The minimum atomic E-state index is -0.263. The Balaban J connectivity index is 1.55. The van der Waals surface area contributed by atoms with Gasteiger partial charge in [0.15, 0.2) is 5.82 Å². The highest BCUT2D eigenvalue weighted by Gasteiger charge is 2.12. The Morgan fingerprint density at radius 1 is 1.03 bits per heavy atom. The number of rotatable bonds is 7. The molecular weight excluding hydrogens is 399 g/mol. The second-order valence-electron chi connectivity index (χ2n) is 6.94. The van der Waals surface area contributed by atoms with Crippen LogP contribution in [0.1, 0.15) is 21.8 Å². The second kappa shape index (κ2) is 9.00. The summed E-state index contributed by atoms with van der Waals surface area (Å²) >= 11 is 1.55. The van der Waals surface area contributed by atoms with Crippen molar-refractivity contribution < 1.29 is 9.18 Å². The van der Waals surface area contributed by atoms with Crippen LogP contribution in [0.5, 0.6) is 0 Å². The van der Waals surface area contributed by atoms with Crippen molar-refractivity contribution in [2.45, 2.75) is 26.4 Å². The van der Waals surface area contributed by atoms with E-state index in [1.165, 1.54) is 6.07 Å². The Bertz CT molecular complexity index is 1180. The first-order valence-electron chi connectivity index (χ1n) is 9.63. The van der Waals surface area contributed by atoms with Gasteiger partial charge in [0.25, 0.3) is 0 Å². The van der Waals surface area contributed by atoms with E-state index in [-0.39, 0.29) is 18.3 Å². The molecule has 0 aliphatic rings. The van der Waals surface area contributed by atoms with E-state index in [4.69, 9.17) is 0 Å². The molecule has 0 saturated carbocycles. The summed E-state index contributed by atoms with van der Waals surface area (Å²) in [6, 6.07) is 16.4. The zero-order valence-electron chi connectivity index (χ0n) is 16.5. The molecule has 0 saturated heterocycles. The highest BCUT2D eigenvalue weighted by Crippen LogP contribution is 2.24. The predicted molar refractivity (Wildman–Crippen MR) is 118 cm³/mol. The number of nitrogens with zero attached hydrogens (tertiary/aromatic N) is 2. The first kappa shape index (κ1) is 20.0. The number of benzene rings is 2. The van der Waals surface area contributed by atoms with E-state index in [2.05, 4.69) is 20.6 Å². The number of aromatic nitrogens is 2. The van der Waals surface area contributed by atoms with Gasteiger partial charge in [-0.1, -0.05) is 36.4 Å². The van der Waals surface area contributed by atoms with Gasteiger partial charge in [-0.15, -0.1) is 11.3 Å². The third-order valence-corrected chi connectivity index (χ3v) is 5.61. The summed E-state index contributed by atoms with van der Waals surface area (Å²) in [6.45, 7) is 2.51. The van der Waals surface area contributed by atoms with Gasteiger partial charge in [-0.2, -0.15) is 0 Å². The van der Waals surface area contributed by atoms with Gasteiger partial charge in [0.1, 0.15) is 11.6 Å². The van der Waals surface area contributed by atoms with Crippen molar-refractivity contribution in [2.75, 3.05) is 5.32 Å². The number of halogens is 1. The van der Waals surface area contributed by atoms with E-state index in [1.54, 1.807) is 29.5 Å². The topological polar surface area (TPSA) is 66.9 Å². The van der Waals surface area contributed by atoms with Crippen molar-refractivity contribution in [3.8, 4) is 0 Å². The largest absolute Gasteiger partial charge is 0.365 e. The van der Waals surface area contributed by atoms with Gasteiger partial charge >= 0.3 is 0 Å². The maximum absolute atomic E-state index is 14.0. The molecule has 4 aromatic rings. The third kappa shape index (κ3) is 4.63. The molecule has 4 rings (SSSR count). The van der Waals surface area contributed by atoms with Crippen LogP contribution < -0.4 is 10.6 Å². The number of hydrogen-bond donors (Lipinski definition) is 2. The lowest BCUT2D eigenvalue weighted by atomic mass is 10.1. The van der Waals surface area contributed by atoms with Crippen LogP contribution >= 0.6 is 11.3 Å². The SMILES string of the molecule is Cc1cccc2c(NCc3ccccc3F)nc(CNC(=O)Cc3cccs3)nc12. The van der Waals surface area contributed by atoms with Crippen LogP contribution in [0.2, 0.25) is 0 Å². The smallest absolute Gasteiger partial charge is 0.225 e. The molecule has 0 aliphatic carbocycles. The van der Waals surface area contributed by atoms with Crippen LogP contribution in [0.4, 0.5) is 10.2 Å². The standard InChI is InChI=1S/C23H21FN4OS/c1-15-6-4-9-18-22(15)27-20(14-25-21(29)12-17-8-5-11-30-17)28-23(18)26-13-16-7-2-3-10-19(16)24/h2-11H,12-14H2,1H3,(H,25,29)(H,26,27,28). The maximum Gasteiger partial charge on any atom is 0.225 e. The maximum atomic E-state index is 14.0. The average Bonchev–Trinajstić information content (AvgIpc) is 3.25. The lowest BCUT2D eigenvalue weighted by Crippen LogP contribution is -2.25. The summed E-state index contributed by atoms with van der Waals surface area (Å²) in [5, 5.41) is 8.93. The molecule has 0 spiro atoms. The summed E-state index contributed by atoms with van der Waals surface area (Å²) < 4.78 is 14.0. The molecule has 2 aromatic heterocycles. The van der Waals surface area contributed by atoms with Crippen LogP contribution in [0.3, 0.4) is 0 Å². The van der Waals surface area contributed by atoms with Gasteiger partial charge in [0.05, 0.1) is 18.5 Å². The van der Waals surface area contributed by atoms with Gasteiger partial charge in [-0.25, -0.2) is 14.4 Å². The van der Waals surface area contributed by atoms with Gasteiger partial charge in [-0.3, -0.25) is 4.79 Å². The Morgan fingerprint density at radius 2 is 1.90 bits per heavy atom. The summed E-state index contributed by atoms with van der Waals surface area (Å²) in [6.07, 6.45) is 0.336. The molecule has 0 fully saturated rings. The molecule has 0 radical (unpaired) electrons. The Labute approximate surface area is 178 Å². The summed E-state index contributed by atoms with van der Waals surface area (Å²) in [5.41, 5.74) is 2.38. The Kier molecular flexibility index (Phi) is 5.99. The molecule has 0 aliphatic heterocycles. The van der Waals surface area contributed by atoms with Crippen LogP contribution in [0.25, 0.3) is 10.9 Å². The molecule has 1 amide bonds. The van der Waals surface area contributed by atoms with Gasteiger partial charge < -0.3 is 10.6 Å². The summed E-state index contributed by atoms with van der Waals surface area (Å²) in [5.74, 6) is 0.786. The molecule has 5 nitrogen and oxygen atoms in total. The van der Waals surface area contributed by atoms with E-state index in [0.29, 0.717) is 30.2 Å².